The first-order valence-corrected chi connectivity index (χ1v) is 10.4. The zero-order valence-electron chi connectivity index (χ0n) is 17.6. The number of hydrogen-bond acceptors (Lipinski definition) is 5. The summed E-state index contributed by atoms with van der Waals surface area (Å²) in [5.41, 5.74) is 3.97. The molecule has 0 atom stereocenters. The van der Waals surface area contributed by atoms with Crippen LogP contribution in [-0.4, -0.2) is 25.2 Å². The highest BCUT2D eigenvalue weighted by Crippen LogP contribution is 2.29. The number of hydrazone groups is 1. The highest BCUT2D eigenvalue weighted by molar-refractivity contribution is 6.33. The molecule has 0 saturated carbocycles. The fraction of sp³-hybridized carbons (Fsp3) is 0.0385. The summed E-state index contributed by atoms with van der Waals surface area (Å²) in [6.07, 6.45) is 1.48. The molecule has 0 aliphatic heterocycles. The van der Waals surface area contributed by atoms with Gasteiger partial charge in [-0.3, -0.25) is 4.79 Å². The van der Waals surface area contributed by atoms with Crippen molar-refractivity contribution in [2.75, 3.05) is 7.11 Å². The van der Waals surface area contributed by atoms with Gasteiger partial charge >= 0.3 is 5.97 Å². The molecule has 0 heterocycles. The SMILES string of the molecule is COc1cc(/C=N\NC(=O)c2cccc3ccccc23)ccc1OC(=O)c1ccccc1Cl. The number of carbonyl (C=O) groups is 2. The third-order valence-corrected chi connectivity index (χ3v) is 5.23. The second kappa shape index (κ2) is 9.97. The molecule has 0 fully saturated rings. The summed E-state index contributed by atoms with van der Waals surface area (Å²) < 4.78 is 10.8. The van der Waals surface area contributed by atoms with Crippen molar-refractivity contribution < 1.29 is 19.1 Å². The Balaban J connectivity index is 1.47. The maximum absolute atomic E-state index is 12.6. The lowest BCUT2D eigenvalue weighted by Crippen LogP contribution is -2.17. The van der Waals surface area contributed by atoms with Crippen LogP contribution in [0.25, 0.3) is 10.8 Å². The number of amides is 1. The summed E-state index contributed by atoms with van der Waals surface area (Å²) in [6, 6.07) is 24.7. The molecule has 0 aromatic heterocycles. The van der Waals surface area contributed by atoms with Gasteiger partial charge in [0.2, 0.25) is 0 Å². The molecule has 0 bridgehead atoms. The molecule has 4 aromatic carbocycles. The van der Waals surface area contributed by atoms with Crippen LogP contribution in [0.2, 0.25) is 5.02 Å². The summed E-state index contributed by atoms with van der Waals surface area (Å²) >= 11 is 6.06. The van der Waals surface area contributed by atoms with Gasteiger partial charge in [-0.25, -0.2) is 10.2 Å². The van der Waals surface area contributed by atoms with E-state index in [0.29, 0.717) is 21.9 Å². The first-order valence-electron chi connectivity index (χ1n) is 10.0. The van der Waals surface area contributed by atoms with E-state index in [1.54, 1.807) is 48.5 Å². The Kier molecular flexibility index (Phi) is 6.66. The molecule has 7 heteroatoms. The third-order valence-electron chi connectivity index (χ3n) is 4.90. The normalized spacial score (nSPS) is 10.8. The van der Waals surface area contributed by atoms with Gasteiger partial charge in [-0.2, -0.15) is 5.10 Å². The quantitative estimate of drug-likeness (QED) is 0.179. The Hall–Kier alpha value is -4.16. The summed E-state index contributed by atoms with van der Waals surface area (Å²) in [5, 5.41) is 6.16. The van der Waals surface area contributed by atoms with Gasteiger partial charge in [0, 0.05) is 5.56 Å². The molecule has 0 spiro atoms. The first kappa shape index (κ1) is 22.0. The summed E-state index contributed by atoms with van der Waals surface area (Å²) in [7, 11) is 1.46. The maximum atomic E-state index is 12.6. The Bertz CT molecular complexity index is 1360. The molecule has 0 aliphatic rings. The zero-order valence-corrected chi connectivity index (χ0v) is 18.4. The number of hydrogen-bond donors (Lipinski definition) is 1. The molecule has 4 rings (SSSR count). The largest absolute Gasteiger partial charge is 0.493 e. The highest BCUT2D eigenvalue weighted by atomic mass is 35.5. The van der Waals surface area contributed by atoms with Crippen molar-refractivity contribution in [2.45, 2.75) is 0 Å². The molecule has 0 unspecified atom stereocenters. The molecule has 0 radical (unpaired) electrons. The predicted octanol–water partition coefficient (Wildman–Crippen LogP) is 5.48. The molecular formula is C26H19ClN2O4. The number of methoxy groups -OCH3 is 1. The van der Waals surface area contributed by atoms with E-state index in [0.717, 1.165) is 10.8 Å². The Morgan fingerprint density at radius 2 is 1.61 bits per heavy atom. The van der Waals surface area contributed by atoms with Crippen molar-refractivity contribution in [2.24, 2.45) is 5.10 Å². The van der Waals surface area contributed by atoms with Gasteiger partial charge in [0.05, 0.1) is 23.9 Å². The van der Waals surface area contributed by atoms with Crippen molar-refractivity contribution in [3.05, 3.63) is 107 Å². The Labute approximate surface area is 195 Å². The molecule has 6 nitrogen and oxygen atoms in total. The topological polar surface area (TPSA) is 77.0 Å². The summed E-state index contributed by atoms with van der Waals surface area (Å²) in [6.45, 7) is 0. The molecule has 1 amide bonds. The van der Waals surface area contributed by atoms with Crippen molar-refractivity contribution in [1.82, 2.24) is 5.43 Å². The van der Waals surface area contributed by atoms with Gasteiger partial charge in [0.15, 0.2) is 11.5 Å². The standard InChI is InChI=1S/C26H19ClN2O4/c1-32-24-15-17(13-14-23(24)33-26(31)21-10-4-5-12-22(21)27)16-28-29-25(30)20-11-6-8-18-7-2-3-9-19(18)20/h2-16H,1H3,(H,29,30)/b28-16-. The van der Waals surface area contributed by atoms with E-state index in [2.05, 4.69) is 10.5 Å². The number of carbonyl (C=O) groups excluding carboxylic acids is 2. The molecule has 0 aliphatic carbocycles. The lowest BCUT2D eigenvalue weighted by atomic mass is 10.0. The van der Waals surface area contributed by atoms with E-state index < -0.39 is 5.97 Å². The monoisotopic (exact) mass is 458 g/mol. The number of ether oxygens (including phenoxy) is 2. The molecule has 33 heavy (non-hydrogen) atoms. The summed E-state index contributed by atoms with van der Waals surface area (Å²) in [5.74, 6) is -0.345. The van der Waals surface area contributed by atoms with Crippen LogP contribution in [0.15, 0.2) is 90.0 Å². The van der Waals surface area contributed by atoms with Crippen LogP contribution >= 0.6 is 11.6 Å². The van der Waals surface area contributed by atoms with Crippen LogP contribution in [0.5, 0.6) is 11.5 Å². The number of halogens is 1. The van der Waals surface area contributed by atoms with E-state index >= 15 is 0 Å². The van der Waals surface area contributed by atoms with Crippen LogP contribution < -0.4 is 14.9 Å². The lowest BCUT2D eigenvalue weighted by molar-refractivity contribution is 0.0729. The van der Waals surface area contributed by atoms with E-state index in [4.69, 9.17) is 21.1 Å². The van der Waals surface area contributed by atoms with Gasteiger partial charge in [0.1, 0.15) is 0 Å². The second-order valence-electron chi connectivity index (χ2n) is 7.01. The van der Waals surface area contributed by atoms with Gasteiger partial charge in [0.25, 0.3) is 5.91 Å². The second-order valence-corrected chi connectivity index (χ2v) is 7.41. The Morgan fingerprint density at radius 3 is 2.42 bits per heavy atom. The number of nitrogens with one attached hydrogen (secondary N) is 1. The number of fused-ring (bicyclic) bond motifs is 1. The van der Waals surface area contributed by atoms with Gasteiger partial charge < -0.3 is 9.47 Å². The van der Waals surface area contributed by atoms with Crippen LogP contribution in [0.4, 0.5) is 0 Å². The average molecular weight is 459 g/mol. The summed E-state index contributed by atoms with van der Waals surface area (Å²) in [4.78, 5) is 25.0. The van der Waals surface area contributed by atoms with Crippen molar-refractivity contribution in [1.29, 1.82) is 0 Å². The Morgan fingerprint density at radius 1 is 0.879 bits per heavy atom. The predicted molar refractivity (Wildman–Crippen MR) is 128 cm³/mol. The van der Waals surface area contributed by atoms with E-state index in [1.807, 2.05) is 36.4 Å². The highest BCUT2D eigenvalue weighted by Gasteiger charge is 2.15. The molecule has 164 valence electrons. The minimum atomic E-state index is -0.595. The minimum absolute atomic E-state index is 0.236. The average Bonchev–Trinajstić information content (AvgIpc) is 2.84. The van der Waals surface area contributed by atoms with Gasteiger partial charge in [-0.15, -0.1) is 0 Å². The van der Waals surface area contributed by atoms with Crippen LogP contribution in [-0.2, 0) is 0 Å². The van der Waals surface area contributed by atoms with Crippen LogP contribution in [0, 0.1) is 0 Å². The van der Waals surface area contributed by atoms with E-state index in [9.17, 15) is 9.59 Å². The minimum Gasteiger partial charge on any atom is -0.493 e. The number of benzene rings is 4. The van der Waals surface area contributed by atoms with E-state index in [1.165, 1.54) is 13.3 Å². The van der Waals surface area contributed by atoms with Crippen molar-refractivity contribution in [3.8, 4) is 11.5 Å². The van der Waals surface area contributed by atoms with Crippen molar-refractivity contribution in [3.63, 3.8) is 0 Å². The van der Waals surface area contributed by atoms with Crippen LogP contribution in [0.1, 0.15) is 26.3 Å². The third kappa shape index (κ3) is 5.02. The first-order chi connectivity index (χ1) is 16.1. The molecule has 1 N–H and O–H groups in total. The fourth-order valence-corrected chi connectivity index (χ4v) is 3.49. The lowest BCUT2D eigenvalue weighted by Gasteiger charge is -2.10. The fourth-order valence-electron chi connectivity index (χ4n) is 3.28. The smallest absolute Gasteiger partial charge is 0.345 e. The number of nitrogens with zero attached hydrogens (tertiary/aromatic N) is 1. The van der Waals surface area contributed by atoms with Gasteiger partial charge in [-0.1, -0.05) is 60.1 Å². The van der Waals surface area contributed by atoms with Crippen molar-refractivity contribution >= 4 is 40.5 Å². The van der Waals surface area contributed by atoms with Crippen LogP contribution in [0.3, 0.4) is 0 Å². The number of rotatable bonds is 6. The van der Waals surface area contributed by atoms with Gasteiger partial charge in [-0.05, 0) is 52.7 Å². The number of esters is 1. The zero-order chi connectivity index (χ0) is 23.2. The molecular weight excluding hydrogens is 440 g/mol. The molecule has 0 saturated heterocycles. The maximum Gasteiger partial charge on any atom is 0.345 e. The van der Waals surface area contributed by atoms with E-state index in [-0.39, 0.29) is 17.2 Å². The molecule has 4 aromatic rings.